The van der Waals surface area contributed by atoms with Crippen LogP contribution in [0.4, 0.5) is 0 Å². The largest absolute Gasteiger partial charge is 0.466 e. The molecular formula is C8H16O3. The number of aliphatic hydroxyl groups is 1. The number of hydrogen-bond donors (Lipinski definition) is 1. The minimum atomic E-state index is -0.191. The third-order valence-corrected chi connectivity index (χ3v) is 1.59. The van der Waals surface area contributed by atoms with Crippen molar-refractivity contribution in [1.29, 1.82) is 0 Å². The molecule has 0 amide bonds. The van der Waals surface area contributed by atoms with Gasteiger partial charge in [0.1, 0.15) is 0 Å². The number of rotatable bonds is 5. The second kappa shape index (κ2) is 6.16. The average molecular weight is 160 g/mol. The lowest BCUT2D eigenvalue weighted by Gasteiger charge is -2.10. The Hall–Kier alpha value is -0.570. The number of carbonyl (C=O) groups excluding carboxylic acids is 1. The van der Waals surface area contributed by atoms with Gasteiger partial charge in [0.2, 0.25) is 0 Å². The zero-order valence-electron chi connectivity index (χ0n) is 7.17. The van der Waals surface area contributed by atoms with Crippen molar-refractivity contribution in [1.82, 2.24) is 0 Å². The summed E-state index contributed by atoms with van der Waals surface area (Å²) < 4.78 is 4.80. The molecule has 1 atom stereocenters. The van der Waals surface area contributed by atoms with E-state index in [9.17, 15) is 4.79 Å². The lowest BCUT2D eigenvalue weighted by atomic mass is 10.0. The monoisotopic (exact) mass is 160 g/mol. The highest BCUT2D eigenvalue weighted by molar-refractivity contribution is 5.72. The van der Waals surface area contributed by atoms with E-state index in [1.807, 2.05) is 6.92 Å². The summed E-state index contributed by atoms with van der Waals surface area (Å²) in [5.41, 5.74) is 0. The van der Waals surface area contributed by atoms with Crippen LogP contribution < -0.4 is 0 Å². The van der Waals surface area contributed by atoms with Crippen LogP contribution in [0.25, 0.3) is 0 Å². The van der Waals surface area contributed by atoms with E-state index in [0.717, 1.165) is 6.42 Å². The van der Waals surface area contributed by atoms with E-state index >= 15 is 0 Å². The fourth-order valence-electron chi connectivity index (χ4n) is 0.905. The van der Waals surface area contributed by atoms with Crippen LogP contribution in [0.3, 0.4) is 0 Å². The molecule has 0 bridgehead atoms. The third-order valence-electron chi connectivity index (χ3n) is 1.59. The van der Waals surface area contributed by atoms with Crippen molar-refractivity contribution in [2.24, 2.45) is 5.92 Å². The molecule has 0 radical (unpaired) electrons. The van der Waals surface area contributed by atoms with Gasteiger partial charge in [-0.25, -0.2) is 0 Å². The number of carbonyl (C=O) groups is 1. The molecule has 0 aliphatic rings. The van der Waals surface area contributed by atoms with Crippen molar-refractivity contribution in [2.75, 3.05) is 13.2 Å². The summed E-state index contributed by atoms with van der Waals surface area (Å²) in [5, 5.41) is 8.58. The van der Waals surface area contributed by atoms with Crippen LogP contribution in [0.2, 0.25) is 0 Å². The van der Waals surface area contributed by atoms with Gasteiger partial charge in [0.15, 0.2) is 0 Å². The molecule has 3 nitrogen and oxygen atoms in total. The van der Waals surface area contributed by atoms with Gasteiger partial charge in [0.25, 0.3) is 0 Å². The van der Waals surface area contributed by atoms with Gasteiger partial charge in [-0.3, -0.25) is 4.79 Å². The molecule has 66 valence electrons. The molecule has 0 aliphatic carbocycles. The zero-order chi connectivity index (χ0) is 8.69. The molecule has 0 aliphatic heterocycles. The molecule has 0 aromatic rings. The Labute approximate surface area is 67.4 Å². The van der Waals surface area contributed by atoms with Crippen molar-refractivity contribution in [3.63, 3.8) is 0 Å². The molecule has 1 unspecified atom stereocenters. The first-order chi connectivity index (χ1) is 5.26. The lowest BCUT2D eigenvalue weighted by molar-refractivity contribution is -0.148. The number of esters is 1. The Bertz CT molecular complexity index is 112. The van der Waals surface area contributed by atoms with Crippen molar-refractivity contribution >= 4 is 5.97 Å². The summed E-state index contributed by atoms with van der Waals surface area (Å²) in [6.07, 6.45) is 1.24. The Balaban J connectivity index is 3.71. The predicted molar refractivity (Wildman–Crippen MR) is 42.1 cm³/mol. The molecule has 0 aromatic carbocycles. The van der Waals surface area contributed by atoms with Crippen molar-refractivity contribution in [2.45, 2.75) is 26.7 Å². The highest BCUT2D eigenvalue weighted by atomic mass is 16.5. The molecule has 0 saturated carbocycles. The fourth-order valence-corrected chi connectivity index (χ4v) is 0.905. The SMILES string of the molecule is CCOC(=O)C(CC)CCO. The molecule has 11 heavy (non-hydrogen) atoms. The summed E-state index contributed by atoms with van der Waals surface area (Å²) >= 11 is 0. The second-order valence-corrected chi connectivity index (χ2v) is 2.37. The predicted octanol–water partition coefficient (Wildman–Crippen LogP) is 0.958. The highest BCUT2D eigenvalue weighted by Gasteiger charge is 2.15. The van der Waals surface area contributed by atoms with E-state index in [4.69, 9.17) is 9.84 Å². The summed E-state index contributed by atoms with van der Waals surface area (Å²) in [4.78, 5) is 11.0. The van der Waals surface area contributed by atoms with Gasteiger partial charge < -0.3 is 9.84 Å². The van der Waals surface area contributed by atoms with Gasteiger partial charge in [-0.05, 0) is 19.8 Å². The second-order valence-electron chi connectivity index (χ2n) is 2.37. The standard InChI is InChI=1S/C8H16O3/c1-3-7(5-6-9)8(10)11-4-2/h7,9H,3-6H2,1-2H3. The molecule has 0 fully saturated rings. The highest BCUT2D eigenvalue weighted by Crippen LogP contribution is 2.09. The van der Waals surface area contributed by atoms with E-state index in [1.165, 1.54) is 0 Å². The van der Waals surface area contributed by atoms with Gasteiger partial charge in [-0.15, -0.1) is 0 Å². The Morgan fingerprint density at radius 1 is 1.55 bits per heavy atom. The number of hydrogen-bond acceptors (Lipinski definition) is 3. The Morgan fingerprint density at radius 2 is 2.18 bits per heavy atom. The number of ether oxygens (including phenoxy) is 1. The summed E-state index contributed by atoms with van der Waals surface area (Å²) in [5.74, 6) is -0.316. The Kier molecular flexibility index (Phi) is 5.84. The fraction of sp³-hybridized carbons (Fsp3) is 0.875. The van der Waals surface area contributed by atoms with Crippen LogP contribution in [0, 0.1) is 5.92 Å². The summed E-state index contributed by atoms with van der Waals surface area (Å²) in [6.45, 7) is 4.17. The summed E-state index contributed by atoms with van der Waals surface area (Å²) in [7, 11) is 0. The minimum absolute atomic E-state index is 0.0529. The topological polar surface area (TPSA) is 46.5 Å². The molecule has 0 aromatic heterocycles. The van der Waals surface area contributed by atoms with Gasteiger partial charge >= 0.3 is 5.97 Å². The quantitative estimate of drug-likeness (QED) is 0.609. The van der Waals surface area contributed by atoms with Crippen LogP contribution in [0.1, 0.15) is 26.7 Å². The van der Waals surface area contributed by atoms with Gasteiger partial charge in [-0.1, -0.05) is 6.92 Å². The third kappa shape index (κ3) is 3.98. The van der Waals surface area contributed by atoms with Crippen LogP contribution in [0.5, 0.6) is 0 Å². The van der Waals surface area contributed by atoms with E-state index < -0.39 is 0 Å². The first kappa shape index (κ1) is 10.4. The summed E-state index contributed by atoms with van der Waals surface area (Å²) in [6, 6.07) is 0. The maximum atomic E-state index is 11.0. The van der Waals surface area contributed by atoms with E-state index in [2.05, 4.69) is 0 Å². The molecule has 3 heteroatoms. The van der Waals surface area contributed by atoms with Crippen LogP contribution in [0.15, 0.2) is 0 Å². The molecular weight excluding hydrogens is 144 g/mol. The maximum Gasteiger partial charge on any atom is 0.308 e. The van der Waals surface area contributed by atoms with Gasteiger partial charge in [0, 0.05) is 6.61 Å². The molecule has 0 rings (SSSR count). The molecule has 1 N–H and O–H groups in total. The lowest BCUT2D eigenvalue weighted by Crippen LogP contribution is -2.18. The van der Waals surface area contributed by atoms with Crippen molar-refractivity contribution < 1.29 is 14.6 Å². The smallest absolute Gasteiger partial charge is 0.308 e. The van der Waals surface area contributed by atoms with Crippen molar-refractivity contribution in [3.05, 3.63) is 0 Å². The minimum Gasteiger partial charge on any atom is -0.466 e. The van der Waals surface area contributed by atoms with Gasteiger partial charge in [-0.2, -0.15) is 0 Å². The van der Waals surface area contributed by atoms with E-state index in [-0.39, 0.29) is 18.5 Å². The average Bonchev–Trinajstić information content (AvgIpc) is 2.00. The number of aliphatic hydroxyl groups excluding tert-OH is 1. The van der Waals surface area contributed by atoms with Crippen LogP contribution in [-0.4, -0.2) is 24.3 Å². The van der Waals surface area contributed by atoms with Gasteiger partial charge in [0.05, 0.1) is 12.5 Å². The maximum absolute atomic E-state index is 11.0. The van der Waals surface area contributed by atoms with E-state index in [1.54, 1.807) is 6.92 Å². The zero-order valence-corrected chi connectivity index (χ0v) is 7.17. The molecule has 0 spiro atoms. The van der Waals surface area contributed by atoms with E-state index in [0.29, 0.717) is 13.0 Å². The first-order valence-corrected chi connectivity index (χ1v) is 4.03. The van der Waals surface area contributed by atoms with Crippen LogP contribution in [-0.2, 0) is 9.53 Å². The molecule has 0 heterocycles. The molecule has 0 saturated heterocycles. The Morgan fingerprint density at radius 3 is 2.55 bits per heavy atom. The van der Waals surface area contributed by atoms with Crippen molar-refractivity contribution in [3.8, 4) is 0 Å². The van der Waals surface area contributed by atoms with Crippen LogP contribution >= 0.6 is 0 Å². The first-order valence-electron chi connectivity index (χ1n) is 4.03. The normalized spacial score (nSPS) is 12.6.